The summed E-state index contributed by atoms with van der Waals surface area (Å²) in [5.41, 5.74) is 4.62. The van der Waals surface area contributed by atoms with Crippen molar-refractivity contribution in [2.24, 2.45) is 0 Å². The van der Waals surface area contributed by atoms with Crippen LogP contribution in [0.4, 0.5) is 21.9 Å². The van der Waals surface area contributed by atoms with Gasteiger partial charge in [0.2, 0.25) is 0 Å². The normalized spacial score (nSPS) is 13.8. The molecule has 0 radical (unpaired) electrons. The molecule has 2 amide bonds. The monoisotopic (exact) mass is 532 g/mol. The van der Waals surface area contributed by atoms with Crippen molar-refractivity contribution < 1.29 is 23.9 Å². The van der Waals surface area contributed by atoms with Crippen LogP contribution in [0.2, 0.25) is 0 Å². The first kappa shape index (κ1) is 26.4. The highest BCUT2D eigenvalue weighted by molar-refractivity contribution is 6.09. The molecule has 200 valence electrons. The molecule has 4 aromatic carbocycles. The first-order valence-corrected chi connectivity index (χ1v) is 13.1. The van der Waals surface area contributed by atoms with Gasteiger partial charge >= 0.3 is 12.1 Å². The van der Waals surface area contributed by atoms with Gasteiger partial charge in [-0.25, -0.2) is 9.69 Å². The summed E-state index contributed by atoms with van der Waals surface area (Å²) in [5, 5.41) is 0. The van der Waals surface area contributed by atoms with Gasteiger partial charge in [-0.15, -0.1) is 0 Å². The van der Waals surface area contributed by atoms with Crippen LogP contribution in [-0.4, -0.2) is 29.4 Å². The Labute approximate surface area is 232 Å². The summed E-state index contributed by atoms with van der Waals surface area (Å²) >= 11 is 0. The van der Waals surface area contributed by atoms with Crippen molar-refractivity contribution >= 4 is 41.1 Å². The topological polar surface area (TPSA) is 76.2 Å². The third-order valence-corrected chi connectivity index (χ3v) is 6.42. The van der Waals surface area contributed by atoms with E-state index in [1.165, 1.54) is 0 Å². The van der Waals surface area contributed by atoms with Gasteiger partial charge in [-0.3, -0.25) is 9.59 Å². The van der Waals surface area contributed by atoms with Crippen molar-refractivity contribution in [2.75, 3.05) is 11.4 Å². The fourth-order valence-corrected chi connectivity index (χ4v) is 4.33. The molecule has 0 aliphatic carbocycles. The minimum absolute atomic E-state index is 0.0115. The number of nitrogens with zero attached hydrogens (tertiary/aromatic N) is 2. The van der Waals surface area contributed by atoms with Crippen LogP contribution in [0.1, 0.15) is 24.5 Å². The molecule has 0 atom stereocenters. The van der Waals surface area contributed by atoms with Crippen LogP contribution in [0, 0.1) is 0 Å². The van der Waals surface area contributed by atoms with Crippen molar-refractivity contribution in [1.82, 2.24) is 4.90 Å². The van der Waals surface area contributed by atoms with E-state index in [2.05, 4.69) is 4.90 Å². The lowest BCUT2D eigenvalue weighted by molar-refractivity contribution is -0.134. The molecule has 0 N–H and O–H groups in total. The predicted octanol–water partition coefficient (Wildman–Crippen LogP) is 7.03. The summed E-state index contributed by atoms with van der Waals surface area (Å²) in [6, 6.07) is 34.8. The highest BCUT2D eigenvalue weighted by Gasteiger charge is 2.36. The molecule has 7 nitrogen and oxygen atoms in total. The standard InChI is InChI=1S/C33H28N2O5/c1-2-31(36)39-29-19-15-24(16-20-29)21-22-34-32(37)30(40-33(34)38)23-25-13-17-28(18-14-25)35(26-9-5-3-6-10-26)27-11-7-4-8-12-27/h3-20,23H,2,21-22H2,1H3/b30-23+. The van der Waals surface area contributed by atoms with E-state index in [0.717, 1.165) is 33.1 Å². The Bertz CT molecular complexity index is 1480. The number of cyclic esters (lactones) is 1. The minimum Gasteiger partial charge on any atom is -0.427 e. The van der Waals surface area contributed by atoms with Crippen molar-refractivity contribution in [3.05, 3.63) is 126 Å². The van der Waals surface area contributed by atoms with Crippen LogP contribution in [0.15, 0.2) is 115 Å². The maximum Gasteiger partial charge on any atom is 0.422 e. The highest BCUT2D eigenvalue weighted by Crippen LogP contribution is 2.34. The third kappa shape index (κ3) is 6.10. The number of esters is 1. The quantitative estimate of drug-likeness (QED) is 0.131. The van der Waals surface area contributed by atoms with Crippen molar-refractivity contribution in [3.8, 4) is 5.75 Å². The number of anilines is 3. The van der Waals surface area contributed by atoms with E-state index in [1.807, 2.05) is 84.9 Å². The van der Waals surface area contributed by atoms with E-state index in [4.69, 9.17) is 9.47 Å². The number of carbonyl (C=O) groups is 3. The van der Waals surface area contributed by atoms with Gasteiger partial charge in [0.15, 0.2) is 5.76 Å². The molecule has 1 saturated heterocycles. The summed E-state index contributed by atoms with van der Waals surface area (Å²) < 4.78 is 10.5. The number of carbonyl (C=O) groups excluding carboxylic acids is 3. The summed E-state index contributed by atoms with van der Waals surface area (Å²) in [4.78, 5) is 40.1. The van der Waals surface area contributed by atoms with E-state index < -0.39 is 12.0 Å². The average molecular weight is 533 g/mol. The van der Waals surface area contributed by atoms with Gasteiger partial charge in [0.05, 0.1) is 0 Å². The zero-order valence-corrected chi connectivity index (χ0v) is 22.0. The van der Waals surface area contributed by atoms with E-state index in [1.54, 1.807) is 37.3 Å². The molecule has 0 spiro atoms. The molecule has 1 heterocycles. The maximum absolute atomic E-state index is 12.9. The molecule has 4 aromatic rings. The summed E-state index contributed by atoms with van der Waals surface area (Å²) in [7, 11) is 0. The molecule has 0 aromatic heterocycles. The zero-order chi connectivity index (χ0) is 27.9. The largest absolute Gasteiger partial charge is 0.427 e. The van der Waals surface area contributed by atoms with Gasteiger partial charge in [-0.2, -0.15) is 0 Å². The summed E-state index contributed by atoms with van der Waals surface area (Å²) in [6.45, 7) is 1.90. The van der Waals surface area contributed by atoms with Crippen LogP contribution < -0.4 is 9.64 Å². The number of amides is 2. The van der Waals surface area contributed by atoms with Gasteiger partial charge in [0.25, 0.3) is 5.91 Å². The summed E-state index contributed by atoms with van der Waals surface area (Å²) in [5.74, 6) is -0.337. The second-order valence-corrected chi connectivity index (χ2v) is 9.15. The fraction of sp³-hybridized carbons (Fsp3) is 0.121. The Balaban J connectivity index is 1.27. The third-order valence-electron chi connectivity index (χ3n) is 6.42. The van der Waals surface area contributed by atoms with Gasteiger partial charge in [-0.05, 0) is 72.2 Å². The zero-order valence-electron chi connectivity index (χ0n) is 22.0. The molecule has 5 rings (SSSR count). The van der Waals surface area contributed by atoms with Gasteiger partial charge in [0.1, 0.15) is 5.75 Å². The Kier molecular flexibility index (Phi) is 8.02. The first-order valence-electron chi connectivity index (χ1n) is 13.1. The highest BCUT2D eigenvalue weighted by atomic mass is 16.6. The Morgan fingerprint density at radius 3 is 1.95 bits per heavy atom. The Morgan fingerprint density at radius 2 is 1.38 bits per heavy atom. The number of para-hydroxylation sites is 2. The lowest BCUT2D eigenvalue weighted by Gasteiger charge is -2.25. The van der Waals surface area contributed by atoms with Crippen LogP contribution >= 0.6 is 0 Å². The molecule has 1 fully saturated rings. The molecule has 7 heteroatoms. The molecule has 0 saturated carbocycles. The molecule has 1 aliphatic rings. The molecule has 40 heavy (non-hydrogen) atoms. The van der Waals surface area contributed by atoms with Crippen LogP contribution in [-0.2, 0) is 20.7 Å². The number of hydrogen-bond donors (Lipinski definition) is 0. The maximum atomic E-state index is 12.9. The SMILES string of the molecule is CCC(=O)Oc1ccc(CCN2C(=O)O/C(=C/c3ccc(N(c4ccccc4)c4ccccc4)cc3)C2=O)cc1. The Hall–Kier alpha value is -5.17. The second kappa shape index (κ2) is 12.1. The van der Waals surface area contributed by atoms with Crippen LogP contribution in [0.3, 0.4) is 0 Å². The fourth-order valence-electron chi connectivity index (χ4n) is 4.33. The lowest BCUT2D eigenvalue weighted by atomic mass is 10.1. The molecule has 1 aliphatic heterocycles. The average Bonchev–Trinajstić information content (AvgIpc) is 3.26. The second-order valence-electron chi connectivity index (χ2n) is 9.15. The minimum atomic E-state index is -0.694. The molecular formula is C33H28N2O5. The molecular weight excluding hydrogens is 504 g/mol. The predicted molar refractivity (Wildman–Crippen MR) is 153 cm³/mol. The van der Waals surface area contributed by atoms with E-state index in [9.17, 15) is 14.4 Å². The Morgan fingerprint density at radius 1 is 0.800 bits per heavy atom. The van der Waals surface area contributed by atoms with E-state index in [0.29, 0.717) is 18.6 Å². The van der Waals surface area contributed by atoms with Crippen molar-refractivity contribution in [1.29, 1.82) is 0 Å². The smallest absolute Gasteiger partial charge is 0.422 e. The summed E-state index contributed by atoms with van der Waals surface area (Å²) in [6.07, 6.45) is 1.62. The lowest BCUT2D eigenvalue weighted by Crippen LogP contribution is -2.30. The van der Waals surface area contributed by atoms with Gasteiger partial charge in [0, 0.05) is 30.0 Å². The van der Waals surface area contributed by atoms with Gasteiger partial charge in [-0.1, -0.05) is 67.6 Å². The van der Waals surface area contributed by atoms with Crippen LogP contribution in [0.25, 0.3) is 6.08 Å². The number of imide groups is 1. The first-order chi connectivity index (χ1) is 19.5. The van der Waals surface area contributed by atoms with Crippen molar-refractivity contribution in [3.63, 3.8) is 0 Å². The number of ether oxygens (including phenoxy) is 2. The van der Waals surface area contributed by atoms with Gasteiger partial charge < -0.3 is 14.4 Å². The van der Waals surface area contributed by atoms with Crippen molar-refractivity contribution in [2.45, 2.75) is 19.8 Å². The number of hydrogen-bond acceptors (Lipinski definition) is 6. The number of rotatable bonds is 9. The van der Waals surface area contributed by atoms with E-state index >= 15 is 0 Å². The van der Waals surface area contributed by atoms with Crippen LogP contribution in [0.5, 0.6) is 5.75 Å². The van der Waals surface area contributed by atoms with E-state index in [-0.39, 0.29) is 18.3 Å². The number of benzene rings is 4. The molecule has 0 bridgehead atoms. The molecule has 0 unspecified atom stereocenters.